The Hall–Kier alpha value is -1.70. The second-order valence-electron chi connectivity index (χ2n) is 6.58. The van der Waals surface area contributed by atoms with Gasteiger partial charge in [-0.2, -0.15) is 0 Å². The second kappa shape index (κ2) is 8.60. The van der Waals surface area contributed by atoms with Gasteiger partial charge in [0.1, 0.15) is 18.2 Å². The van der Waals surface area contributed by atoms with Gasteiger partial charge in [0, 0.05) is 25.0 Å². The number of nitrogens with zero attached hydrogens (tertiary/aromatic N) is 1. The van der Waals surface area contributed by atoms with Gasteiger partial charge >= 0.3 is 0 Å². The number of halogens is 1. The van der Waals surface area contributed by atoms with E-state index in [0.717, 1.165) is 12.5 Å². The molecule has 0 saturated carbocycles. The van der Waals surface area contributed by atoms with Gasteiger partial charge in [-0.25, -0.2) is 4.39 Å². The maximum Gasteiger partial charge on any atom is 0.257 e. The molecular weight excluding hydrogens is 327 g/mol. The fraction of sp³-hybridized carbons (Fsp3) is 0.611. The van der Waals surface area contributed by atoms with E-state index in [0.29, 0.717) is 19.4 Å². The number of hydrogen-bond acceptors (Lipinski definition) is 5. The molecule has 4 N–H and O–H groups in total. The van der Waals surface area contributed by atoms with E-state index in [1.807, 2.05) is 6.92 Å². The Morgan fingerprint density at radius 1 is 1.52 bits per heavy atom. The highest BCUT2D eigenvalue weighted by Crippen LogP contribution is 2.36. The van der Waals surface area contributed by atoms with Crippen molar-refractivity contribution in [2.24, 2.45) is 11.1 Å². The molecule has 1 amide bonds. The minimum Gasteiger partial charge on any atom is -0.491 e. The van der Waals surface area contributed by atoms with Gasteiger partial charge in [0.15, 0.2) is 0 Å². The zero-order valence-corrected chi connectivity index (χ0v) is 14.6. The van der Waals surface area contributed by atoms with E-state index in [2.05, 4.69) is 0 Å². The first-order valence-corrected chi connectivity index (χ1v) is 8.68. The van der Waals surface area contributed by atoms with Gasteiger partial charge in [-0.1, -0.05) is 13.3 Å². The molecule has 0 spiro atoms. The number of piperidine rings is 1. The molecule has 0 bridgehead atoms. The summed E-state index contributed by atoms with van der Waals surface area (Å²) in [5, 5.41) is 20.2. The summed E-state index contributed by atoms with van der Waals surface area (Å²) in [5.41, 5.74) is 4.82. The molecular formula is C18H27FN2O4. The molecule has 0 radical (unpaired) electrons. The zero-order valence-electron chi connectivity index (χ0n) is 14.6. The van der Waals surface area contributed by atoms with E-state index >= 15 is 0 Å². The number of aliphatic hydroxyl groups excluding tert-OH is 2. The van der Waals surface area contributed by atoms with Crippen molar-refractivity contribution in [3.63, 3.8) is 0 Å². The monoisotopic (exact) mass is 354 g/mol. The van der Waals surface area contributed by atoms with E-state index in [-0.39, 0.29) is 43.5 Å². The van der Waals surface area contributed by atoms with Crippen LogP contribution in [0.2, 0.25) is 0 Å². The molecule has 7 heteroatoms. The molecule has 1 saturated heterocycles. The summed E-state index contributed by atoms with van der Waals surface area (Å²) < 4.78 is 19.1. The number of carbonyl (C=O) groups is 1. The molecule has 140 valence electrons. The second-order valence-corrected chi connectivity index (χ2v) is 6.58. The van der Waals surface area contributed by atoms with Gasteiger partial charge in [-0.3, -0.25) is 4.79 Å². The van der Waals surface area contributed by atoms with Crippen molar-refractivity contribution in [3.8, 4) is 5.75 Å². The molecule has 6 nitrogen and oxygen atoms in total. The van der Waals surface area contributed by atoms with E-state index < -0.39 is 17.3 Å². The SMILES string of the molecule is CCC[C@@]1(CO)CN(C(=O)c2cc(F)ccc2OCCN)CC[C@H]1O. The normalized spacial score (nSPS) is 23.6. The third-order valence-electron chi connectivity index (χ3n) is 4.78. The smallest absolute Gasteiger partial charge is 0.257 e. The Bertz CT molecular complexity index is 598. The number of ether oxygens (including phenoxy) is 1. The van der Waals surface area contributed by atoms with Crippen LogP contribution in [-0.4, -0.2) is 60.0 Å². The molecule has 2 rings (SSSR count). The number of rotatable bonds is 7. The maximum absolute atomic E-state index is 13.7. The van der Waals surface area contributed by atoms with Crippen molar-refractivity contribution in [1.82, 2.24) is 4.90 Å². The van der Waals surface area contributed by atoms with Gasteiger partial charge in [0.25, 0.3) is 5.91 Å². The Morgan fingerprint density at radius 3 is 2.92 bits per heavy atom. The summed E-state index contributed by atoms with van der Waals surface area (Å²) in [6.07, 6.45) is 1.10. The summed E-state index contributed by atoms with van der Waals surface area (Å²) >= 11 is 0. The van der Waals surface area contributed by atoms with Crippen LogP contribution >= 0.6 is 0 Å². The van der Waals surface area contributed by atoms with Crippen LogP contribution in [0.5, 0.6) is 5.75 Å². The third kappa shape index (κ3) is 4.29. The van der Waals surface area contributed by atoms with Crippen molar-refractivity contribution in [2.45, 2.75) is 32.3 Å². The molecule has 2 atom stereocenters. The summed E-state index contributed by atoms with van der Waals surface area (Å²) in [7, 11) is 0. The first-order valence-electron chi connectivity index (χ1n) is 8.68. The van der Waals surface area contributed by atoms with Crippen molar-refractivity contribution in [1.29, 1.82) is 0 Å². The predicted molar refractivity (Wildman–Crippen MR) is 91.9 cm³/mol. The highest BCUT2D eigenvalue weighted by molar-refractivity contribution is 5.97. The molecule has 1 aromatic rings. The lowest BCUT2D eigenvalue weighted by molar-refractivity contribution is -0.0720. The minimum atomic E-state index is -0.742. The van der Waals surface area contributed by atoms with Crippen LogP contribution in [-0.2, 0) is 0 Å². The molecule has 0 unspecified atom stereocenters. The highest BCUT2D eigenvalue weighted by Gasteiger charge is 2.43. The largest absolute Gasteiger partial charge is 0.491 e. The predicted octanol–water partition coefficient (Wildman–Crippen LogP) is 1.15. The number of benzene rings is 1. The number of likely N-dealkylation sites (tertiary alicyclic amines) is 1. The first-order chi connectivity index (χ1) is 12.0. The van der Waals surface area contributed by atoms with Crippen LogP contribution in [0.25, 0.3) is 0 Å². The molecule has 0 aromatic heterocycles. The number of hydrogen-bond donors (Lipinski definition) is 3. The van der Waals surface area contributed by atoms with Crippen LogP contribution in [0.4, 0.5) is 4.39 Å². The van der Waals surface area contributed by atoms with Crippen LogP contribution in [0.1, 0.15) is 36.5 Å². The van der Waals surface area contributed by atoms with Crippen LogP contribution in [0.3, 0.4) is 0 Å². The zero-order chi connectivity index (χ0) is 18.4. The fourth-order valence-corrected chi connectivity index (χ4v) is 3.43. The van der Waals surface area contributed by atoms with E-state index in [4.69, 9.17) is 10.5 Å². The maximum atomic E-state index is 13.7. The number of aliphatic hydroxyl groups is 2. The summed E-state index contributed by atoms with van der Waals surface area (Å²) in [5.74, 6) is -0.608. The van der Waals surface area contributed by atoms with Crippen molar-refractivity contribution >= 4 is 5.91 Å². The molecule has 1 aromatic carbocycles. The van der Waals surface area contributed by atoms with Crippen LogP contribution in [0.15, 0.2) is 18.2 Å². The lowest BCUT2D eigenvalue weighted by Crippen LogP contribution is -2.55. The number of amides is 1. The van der Waals surface area contributed by atoms with Gasteiger partial charge in [-0.15, -0.1) is 0 Å². The van der Waals surface area contributed by atoms with E-state index in [1.165, 1.54) is 12.1 Å². The number of carbonyl (C=O) groups excluding carboxylic acids is 1. The lowest BCUT2D eigenvalue weighted by Gasteiger charge is -2.45. The summed E-state index contributed by atoms with van der Waals surface area (Å²) in [6, 6.07) is 3.81. The Balaban J connectivity index is 2.26. The van der Waals surface area contributed by atoms with Crippen molar-refractivity contribution in [3.05, 3.63) is 29.6 Å². The first kappa shape index (κ1) is 19.6. The third-order valence-corrected chi connectivity index (χ3v) is 4.78. The quantitative estimate of drug-likeness (QED) is 0.683. The van der Waals surface area contributed by atoms with Crippen molar-refractivity contribution < 1.29 is 24.1 Å². The van der Waals surface area contributed by atoms with E-state index in [1.54, 1.807) is 4.90 Å². The standard InChI is InChI=1S/C18H27FN2O4/c1-2-6-18(12-22)11-21(8-5-16(18)23)17(24)14-10-13(19)3-4-15(14)25-9-7-20/h3-4,10,16,22-23H,2,5-9,11-12,20H2,1H3/t16-,18+/m1/s1. The van der Waals surface area contributed by atoms with Gasteiger partial charge < -0.3 is 25.6 Å². The van der Waals surface area contributed by atoms with Gasteiger partial charge in [0.2, 0.25) is 0 Å². The molecule has 1 aliphatic heterocycles. The minimum absolute atomic E-state index is 0.133. The van der Waals surface area contributed by atoms with Crippen molar-refractivity contribution in [2.75, 3.05) is 32.8 Å². The Morgan fingerprint density at radius 2 is 2.28 bits per heavy atom. The number of nitrogens with two attached hydrogens (primary N) is 1. The molecule has 25 heavy (non-hydrogen) atoms. The highest BCUT2D eigenvalue weighted by atomic mass is 19.1. The molecule has 1 aliphatic rings. The lowest BCUT2D eigenvalue weighted by atomic mass is 9.74. The average Bonchev–Trinajstić information content (AvgIpc) is 2.62. The van der Waals surface area contributed by atoms with E-state index in [9.17, 15) is 19.4 Å². The van der Waals surface area contributed by atoms with Gasteiger partial charge in [0.05, 0.1) is 18.3 Å². The van der Waals surface area contributed by atoms with Crippen LogP contribution in [0, 0.1) is 11.2 Å². The molecule has 0 aliphatic carbocycles. The summed E-state index contributed by atoms with van der Waals surface area (Å²) in [6.45, 7) is 2.84. The molecule has 1 fully saturated rings. The average molecular weight is 354 g/mol. The Labute approximate surface area is 147 Å². The summed E-state index contributed by atoms with van der Waals surface area (Å²) in [4.78, 5) is 14.5. The fourth-order valence-electron chi connectivity index (χ4n) is 3.43. The van der Waals surface area contributed by atoms with Crippen LogP contribution < -0.4 is 10.5 Å². The molecule has 1 heterocycles. The van der Waals surface area contributed by atoms with Gasteiger partial charge in [-0.05, 0) is 31.0 Å². The Kier molecular flexibility index (Phi) is 6.75. The topological polar surface area (TPSA) is 96.0 Å².